The van der Waals surface area contributed by atoms with Crippen molar-refractivity contribution in [2.24, 2.45) is 0 Å². The molecule has 0 aliphatic carbocycles. The summed E-state index contributed by atoms with van der Waals surface area (Å²) in [7, 11) is 0. The van der Waals surface area contributed by atoms with Gasteiger partial charge < -0.3 is 15.0 Å². The Morgan fingerprint density at radius 1 is 0.926 bits per heavy atom. The first-order chi connectivity index (χ1) is 13.0. The fourth-order valence-corrected chi connectivity index (χ4v) is 3.58. The van der Waals surface area contributed by atoms with E-state index in [0.29, 0.717) is 25.2 Å². The molecular formula is C23H26N2O2. The SMILES string of the molecule is Cc1ccccc1CNCc1c(C(=O)O)c(C)n(Cc2ccccc2)c1C. The Balaban J connectivity index is 1.84. The van der Waals surface area contributed by atoms with Gasteiger partial charge in [0.05, 0.1) is 5.56 Å². The Labute approximate surface area is 160 Å². The van der Waals surface area contributed by atoms with E-state index in [2.05, 4.69) is 41.1 Å². The fourth-order valence-electron chi connectivity index (χ4n) is 3.58. The van der Waals surface area contributed by atoms with E-state index in [1.54, 1.807) is 0 Å². The van der Waals surface area contributed by atoms with Gasteiger partial charge in [-0.2, -0.15) is 0 Å². The minimum absolute atomic E-state index is 0.417. The van der Waals surface area contributed by atoms with Crippen molar-refractivity contribution in [3.05, 3.63) is 93.8 Å². The molecule has 0 spiro atoms. The van der Waals surface area contributed by atoms with Crippen LogP contribution in [0, 0.1) is 20.8 Å². The number of carbonyl (C=O) groups is 1. The van der Waals surface area contributed by atoms with Crippen LogP contribution in [0.4, 0.5) is 0 Å². The molecule has 0 bridgehead atoms. The fraction of sp³-hybridized carbons (Fsp3) is 0.261. The average molecular weight is 362 g/mol. The van der Waals surface area contributed by atoms with E-state index in [-0.39, 0.29) is 0 Å². The molecule has 0 aliphatic heterocycles. The highest BCUT2D eigenvalue weighted by atomic mass is 16.4. The lowest BCUT2D eigenvalue weighted by Crippen LogP contribution is -2.16. The highest BCUT2D eigenvalue weighted by Crippen LogP contribution is 2.24. The maximum absolute atomic E-state index is 11.9. The molecule has 0 fully saturated rings. The molecule has 0 amide bonds. The van der Waals surface area contributed by atoms with Gasteiger partial charge in [-0.15, -0.1) is 0 Å². The molecule has 1 aromatic heterocycles. The molecule has 1 heterocycles. The van der Waals surface area contributed by atoms with Crippen molar-refractivity contribution in [2.45, 2.75) is 40.4 Å². The molecule has 2 N–H and O–H groups in total. The van der Waals surface area contributed by atoms with Crippen molar-refractivity contribution in [2.75, 3.05) is 0 Å². The second-order valence-electron chi connectivity index (χ2n) is 6.93. The second-order valence-corrected chi connectivity index (χ2v) is 6.93. The van der Waals surface area contributed by atoms with Crippen LogP contribution in [0.3, 0.4) is 0 Å². The number of carboxylic acids is 1. The molecule has 0 saturated carbocycles. The normalized spacial score (nSPS) is 10.9. The van der Waals surface area contributed by atoms with Crippen LogP contribution >= 0.6 is 0 Å². The van der Waals surface area contributed by atoms with Crippen LogP contribution in [-0.4, -0.2) is 15.6 Å². The molecule has 27 heavy (non-hydrogen) atoms. The largest absolute Gasteiger partial charge is 0.478 e. The maximum atomic E-state index is 11.9. The van der Waals surface area contributed by atoms with Gasteiger partial charge in [-0.1, -0.05) is 54.6 Å². The van der Waals surface area contributed by atoms with Crippen LogP contribution in [0.15, 0.2) is 54.6 Å². The Bertz CT molecular complexity index is 943. The molecule has 4 heteroatoms. The zero-order chi connectivity index (χ0) is 19.4. The number of rotatable bonds is 7. The smallest absolute Gasteiger partial charge is 0.337 e. The van der Waals surface area contributed by atoms with Crippen molar-refractivity contribution in [3.63, 3.8) is 0 Å². The number of benzene rings is 2. The van der Waals surface area contributed by atoms with Crippen LogP contribution in [-0.2, 0) is 19.6 Å². The number of nitrogens with one attached hydrogen (secondary N) is 1. The lowest BCUT2D eigenvalue weighted by Gasteiger charge is -2.11. The Hall–Kier alpha value is -2.85. The van der Waals surface area contributed by atoms with Crippen LogP contribution in [0.1, 0.15) is 44.0 Å². The lowest BCUT2D eigenvalue weighted by molar-refractivity contribution is 0.0694. The maximum Gasteiger partial charge on any atom is 0.337 e. The van der Waals surface area contributed by atoms with Gasteiger partial charge in [0.1, 0.15) is 0 Å². The van der Waals surface area contributed by atoms with Gasteiger partial charge in [0.15, 0.2) is 0 Å². The summed E-state index contributed by atoms with van der Waals surface area (Å²) in [6.45, 7) is 7.91. The number of carboxylic acid groups (broad SMARTS) is 1. The molecule has 3 rings (SSSR count). The summed E-state index contributed by atoms with van der Waals surface area (Å²) in [6, 6.07) is 18.4. The number of aromatic carboxylic acids is 1. The van der Waals surface area contributed by atoms with Gasteiger partial charge in [-0.25, -0.2) is 4.79 Å². The zero-order valence-corrected chi connectivity index (χ0v) is 16.1. The number of aromatic nitrogens is 1. The summed E-state index contributed by atoms with van der Waals surface area (Å²) in [6.07, 6.45) is 0. The predicted octanol–water partition coefficient (Wildman–Crippen LogP) is 4.45. The molecule has 140 valence electrons. The molecule has 0 aliphatic rings. The molecule has 0 atom stereocenters. The second kappa shape index (κ2) is 8.23. The average Bonchev–Trinajstić information content (AvgIpc) is 2.89. The molecular weight excluding hydrogens is 336 g/mol. The van der Waals surface area contributed by atoms with Gasteiger partial charge in [-0.3, -0.25) is 0 Å². The summed E-state index contributed by atoms with van der Waals surface area (Å²) in [5, 5.41) is 13.2. The van der Waals surface area contributed by atoms with Crippen molar-refractivity contribution < 1.29 is 9.90 Å². The van der Waals surface area contributed by atoms with Gasteiger partial charge in [0.25, 0.3) is 0 Å². The monoisotopic (exact) mass is 362 g/mol. The van der Waals surface area contributed by atoms with Crippen molar-refractivity contribution >= 4 is 5.97 Å². The predicted molar refractivity (Wildman–Crippen MR) is 108 cm³/mol. The molecule has 4 nitrogen and oxygen atoms in total. The third kappa shape index (κ3) is 4.12. The van der Waals surface area contributed by atoms with Gasteiger partial charge >= 0.3 is 5.97 Å². The molecule has 0 radical (unpaired) electrons. The summed E-state index contributed by atoms with van der Waals surface area (Å²) in [4.78, 5) is 11.9. The minimum atomic E-state index is -0.866. The Morgan fingerprint density at radius 3 is 2.26 bits per heavy atom. The van der Waals surface area contributed by atoms with E-state index in [1.807, 2.05) is 44.2 Å². The standard InChI is InChI=1S/C23H26N2O2/c1-16-9-7-8-12-20(16)13-24-14-21-17(2)25(18(3)22(21)23(26)27)15-19-10-5-4-6-11-19/h4-12,24H,13-15H2,1-3H3,(H,26,27). The van der Waals surface area contributed by atoms with Crippen LogP contribution in [0.5, 0.6) is 0 Å². The first-order valence-corrected chi connectivity index (χ1v) is 9.20. The zero-order valence-electron chi connectivity index (χ0n) is 16.1. The first kappa shape index (κ1) is 18.9. The molecule has 3 aromatic rings. The molecule has 0 saturated heterocycles. The van der Waals surface area contributed by atoms with E-state index in [9.17, 15) is 9.90 Å². The van der Waals surface area contributed by atoms with Crippen LogP contribution in [0.25, 0.3) is 0 Å². The van der Waals surface area contributed by atoms with Crippen molar-refractivity contribution in [1.82, 2.24) is 9.88 Å². The number of hydrogen-bond acceptors (Lipinski definition) is 2. The van der Waals surface area contributed by atoms with Gasteiger partial charge in [-0.05, 0) is 37.5 Å². The van der Waals surface area contributed by atoms with Crippen molar-refractivity contribution in [1.29, 1.82) is 0 Å². The molecule has 0 unspecified atom stereocenters. The number of hydrogen-bond donors (Lipinski definition) is 2. The summed E-state index contributed by atoms with van der Waals surface area (Å²) >= 11 is 0. The van der Waals surface area contributed by atoms with E-state index in [4.69, 9.17) is 0 Å². The molecule has 2 aromatic carbocycles. The topological polar surface area (TPSA) is 54.3 Å². The van der Waals surface area contributed by atoms with E-state index >= 15 is 0 Å². The van der Waals surface area contributed by atoms with E-state index in [1.165, 1.54) is 11.1 Å². The quantitative estimate of drug-likeness (QED) is 0.653. The lowest BCUT2D eigenvalue weighted by atomic mass is 10.1. The van der Waals surface area contributed by atoms with Gasteiger partial charge in [0, 0.05) is 36.6 Å². The number of nitrogens with zero attached hydrogens (tertiary/aromatic N) is 1. The first-order valence-electron chi connectivity index (χ1n) is 9.20. The number of aryl methyl sites for hydroxylation is 1. The van der Waals surface area contributed by atoms with Crippen LogP contribution in [0.2, 0.25) is 0 Å². The Kier molecular flexibility index (Phi) is 5.77. The third-order valence-corrected chi connectivity index (χ3v) is 5.19. The van der Waals surface area contributed by atoms with Crippen LogP contribution < -0.4 is 5.32 Å². The van der Waals surface area contributed by atoms with E-state index < -0.39 is 5.97 Å². The summed E-state index contributed by atoms with van der Waals surface area (Å²) in [5.74, 6) is -0.866. The summed E-state index contributed by atoms with van der Waals surface area (Å²) in [5.41, 5.74) is 6.72. The van der Waals surface area contributed by atoms with Gasteiger partial charge in [0.2, 0.25) is 0 Å². The summed E-state index contributed by atoms with van der Waals surface area (Å²) < 4.78 is 2.10. The van der Waals surface area contributed by atoms with Crippen molar-refractivity contribution in [3.8, 4) is 0 Å². The highest BCUT2D eigenvalue weighted by molar-refractivity contribution is 5.91. The highest BCUT2D eigenvalue weighted by Gasteiger charge is 2.22. The third-order valence-electron chi connectivity index (χ3n) is 5.19. The Morgan fingerprint density at radius 2 is 1.59 bits per heavy atom. The minimum Gasteiger partial charge on any atom is -0.478 e. The van der Waals surface area contributed by atoms with E-state index in [0.717, 1.165) is 22.5 Å².